The lowest BCUT2D eigenvalue weighted by Crippen LogP contribution is -2.39. The molecule has 0 aromatic heterocycles. The Labute approximate surface area is 175 Å². The lowest BCUT2D eigenvalue weighted by Gasteiger charge is -2.27. The Hall–Kier alpha value is -3.42. The van der Waals surface area contributed by atoms with Crippen LogP contribution in [-0.4, -0.2) is 37.0 Å². The molecule has 0 radical (unpaired) electrons. The molecule has 1 aliphatic carbocycles. The van der Waals surface area contributed by atoms with Crippen LogP contribution in [0.1, 0.15) is 47.3 Å². The Balaban J connectivity index is 1.68. The number of hydrogen-bond acceptors (Lipinski definition) is 6. The zero-order valence-electron chi connectivity index (χ0n) is 17.3. The number of nitrogens with zero attached hydrogens (tertiary/aromatic N) is 2. The fraction of sp³-hybridized carbons (Fsp3) is 0.364. The third-order valence-electron chi connectivity index (χ3n) is 5.23. The summed E-state index contributed by atoms with van der Waals surface area (Å²) in [5.41, 5.74) is 2.50. The number of nitro benzene ring substituents is 1. The Morgan fingerprint density at radius 2 is 1.97 bits per heavy atom. The molecule has 0 saturated heterocycles. The maximum Gasteiger partial charge on any atom is 0.339 e. The summed E-state index contributed by atoms with van der Waals surface area (Å²) >= 11 is 0. The molecule has 0 bridgehead atoms. The first-order valence-corrected chi connectivity index (χ1v) is 9.83. The van der Waals surface area contributed by atoms with Crippen molar-refractivity contribution in [2.24, 2.45) is 0 Å². The molecule has 30 heavy (non-hydrogen) atoms. The van der Waals surface area contributed by atoms with Gasteiger partial charge in [0.05, 0.1) is 16.5 Å². The van der Waals surface area contributed by atoms with E-state index in [0.717, 1.165) is 24.8 Å². The van der Waals surface area contributed by atoms with Gasteiger partial charge in [-0.05, 0) is 49.4 Å². The first kappa shape index (κ1) is 21.3. The van der Waals surface area contributed by atoms with Crippen LogP contribution < -0.4 is 10.2 Å². The van der Waals surface area contributed by atoms with Gasteiger partial charge in [0, 0.05) is 20.2 Å². The molecule has 8 heteroatoms. The van der Waals surface area contributed by atoms with Crippen molar-refractivity contribution in [3.8, 4) is 0 Å². The Bertz CT molecular complexity index is 973. The van der Waals surface area contributed by atoms with Crippen LogP contribution in [0.25, 0.3) is 0 Å². The van der Waals surface area contributed by atoms with E-state index in [0.29, 0.717) is 5.69 Å². The predicted molar refractivity (Wildman–Crippen MR) is 113 cm³/mol. The zero-order chi connectivity index (χ0) is 21.8. The molecule has 1 aliphatic rings. The summed E-state index contributed by atoms with van der Waals surface area (Å²) in [7, 11) is 3.35. The van der Waals surface area contributed by atoms with Crippen molar-refractivity contribution >= 4 is 23.3 Å². The van der Waals surface area contributed by atoms with Crippen LogP contribution >= 0.6 is 0 Å². The third kappa shape index (κ3) is 4.59. The van der Waals surface area contributed by atoms with Gasteiger partial charge >= 0.3 is 5.97 Å². The van der Waals surface area contributed by atoms with Crippen molar-refractivity contribution in [3.05, 3.63) is 69.3 Å². The first-order valence-electron chi connectivity index (χ1n) is 9.83. The molecular weight excluding hydrogens is 386 g/mol. The van der Waals surface area contributed by atoms with Crippen LogP contribution in [-0.2, 0) is 16.0 Å². The molecule has 0 aliphatic heterocycles. The monoisotopic (exact) mass is 411 g/mol. The van der Waals surface area contributed by atoms with Crippen molar-refractivity contribution in [2.45, 2.75) is 38.3 Å². The molecule has 8 nitrogen and oxygen atoms in total. The normalized spacial score (nSPS) is 16.2. The zero-order valence-corrected chi connectivity index (χ0v) is 17.3. The SMILES string of the molecule is C[C@@H](OC(=O)c1ccc(N(C)C)c([N+](=O)[O-])c1)C(=O)N[C@H]1CCCc2ccccc21. The van der Waals surface area contributed by atoms with Crippen LogP contribution in [0.2, 0.25) is 0 Å². The van der Waals surface area contributed by atoms with E-state index in [2.05, 4.69) is 11.4 Å². The maximum absolute atomic E-state index is 12.6. The van der Waals surface area contributed by atoms with Gasteiger partial charge in [0.25, 0.3) is 11.6 Å². The molecule has 0 spiro atoms. The number of hydrogen-bond donors (Lipinski definition) is 1. The van der Waals surface area contributed by atoms with Gasteiger partial charge in [0.15, 0.2) is 6.10 Å². The van der Waals surface area contributed by atoms with E-state index in [1.165, 1.54) is 30.7 Å². The summed E-state index contributed by atoms with van der Waals surface area (Å²) in [4.78, 5) is 37.4. The number of nitrogens with one attached hydrogen (secondary N) is 1. The van der Waals surface area contributed by atoms with E-state index >= 15 is 0 Å². The van der Waals surface area contributed by atoms with Crippen molar-refractivity contribution in [1.29, 1.82) is 0 Å². The Morgan fingerprint density at radius 1 is 1.23 bits per heavy atom. The second kappa shape index (κ2) is 8.94. The molecule has 1 amide bonds. The summed E-state index contributed by atoms with van der Waals surface area (Å²) in [5, 5.41) is 14.3. The molecule has 158 valence electrons. The van der Waals surface area contributed by atoms with Gasteiger partial charge in [-0.25, -0.2) is 4.79 Å². The minimum Gasteiger partial charge on any atom is -0.449 e. The van der Waals surface area contributed by atoms with Crippen molar-refractivity contribution in [3.63, 3.8) is 0 Å². The Morgan fingerprint density at radius 3 is 2.67 bits per heavy atom. The molecule has 1 N–H and O–H groups in total. The molecule has 3 rings (SSSR count). The number of ether oxygens (including phenoxy) is 1. The lowest BCUT2D eigenvalue weighted by molar-refractivity contribution is -0.384. The highest BCUT2D eigenvalue weighted by atomic mass is 16.6. The predicted octanol–water partition coefficient (Wildman–Crippen LogP) is 3.40. The average Bonchev–Trinajstić information content (AvgIpc) is 2.73. The standard InChI is InChI=1S/C22H25N3O5/c1-14(21(26)23-18-10-6-8-15-7-4-5-9-17(15)18)30-22(27)16-11-12-19(24(2)3)20(13-16)25(28)29/h4-5,7,9,11-14,18H,6,8,10H2,1-3H3,(H,23,26)/t14-,18+/m1/s1. The topological polar surface area (TPSA) is 102 Å². The average molecular weight is 411 g/mol. The molecular formula is C22H25N3O5. The van der Waals surface area contributed by atoms with E-state index in [4.69, 9.17) is 4.74 Å². The van der Waals surface area contributed by atoms with Gasteiger partial charge < -0.3 is 15.0 Å². The third-order valence-corrected chi connectivity index (χ3v) is 5.23. The fourth-order valence-corrected chi connectivity index (χ4v) is 3.65. The van der Waals surface area contributed by atoms with Gasteiger partial charge in [-0.2, -0.15) is 0 Å². The van der Waals surface area contributed by atoms with Gasteiger partial charge in [-0.15, -0.1) is 0 Å². The molecule has 2 aromatic carbocycles. The molecule has 2 aromatic rings. The molecule has 2 atom stereocenters. The van der Waals surface area contributed by atoms with Crippen LogP contribution in [0, 0.1) is 10.1 Å². The molecule has 0 saturated carbocycles. The second-order valence-corrected chi connectivity index (χ2v) is 7.55. The number of nitro groups is 1. The van der Waals surface area contributed by atoms with Gasteiger partial charge in [0.2, 0.25) is 0 Å². The van der Waals surface area contributed by atoms with Crippen molar-refractivity contribution in [2.75, 3.05) is 19.0 Å². The van der Waals surface area contributed by atoms with E-state index < -0.39 is 22.9 Å². The highest BCUT2D eigenvalue weighted by Gasteiger charge is 2.26. The minimum atomic E-state index is -1.03. The van der Waals surface area contributed by atoms with E-state index in [1.54, 1.807) is 19.0 Å². The highest BCUT2D eigenvalue weighted by molar-refractivity contribution is 5.93. The molecule has 0 unspecified atom stereocenters. The van der Waals surface area contributed by atoms with E-state index in [9.17, 15) is 19.7 Å². The van der Waals surface area contributed by atoms with E-state index in [-0.39, 0.29) is 17.3 Å². The quantitative estimate of drug-likeness (QED) is 0.444. The number of esters is 1. The van der Waals surface area contributed by atoms with Crippen LogP contribution in [0.4, 0.5) is 11.4 Å². The summed E-state index contributed by atoms with van der Waals surface area (Å²) in [6.45, 7) is 1.49. The molecule has 0 heterocycles. The van der Waals surface area contributed by atoms with Crippen molar-refractivity contribution < 1.29 is 19.2 Å². The van der Waals surface area contributed by atoms with Crippen LogP contribution in [0.5, 0.6) is 0 Å². The Kier molecular flexibility index (Phi) is 6.34. The number of benzene rings is 2. The fourth-order valence-electron chi connectivity index (χ4n) is 3.65. The van der Waals surface area contributed by atoms with E-state index in [1.807, 2.05) is 18.2 Å². The largest absolute Gasteiger partial charge is 0.449 e. The number of rotatable bonds is 6. The molecule has 0 fully saturated rings. The number of carbonyl (C=O) groups is 2. The summed E-state index contributed by atoms with van der Waals surface area (Å²) in [6.07, 6.45) is 1.74. The summed E-state index contributed by atoms with van der Waals surface area (Å²) in [5.74, 6) is -1.18. The van der Waals surface area contributed by atoms with Gasteiger partial charge in [-0.1, -0.05) is 24.3 Å². The highest BCUT2D eigenvalue weighted by Crippen LogP contribution is 2.30. The van der Waals surface area contributed by atoms with Crippen molar-refractivity contribution in [1.82, 2.24) is 5.32 Å². The van der Waals surface area contributed by atoms with Gasteiger partial charge in [-0.3, -0.25) is 14.9 Å². The maximum atomic E-state index is 12.6. The number of fused-ring (bicyclic) bond motifs is 1. The second-order valence-electron chi connectivity index (χ2n) is 7.55. The van der Waals surface area contributed by atoms with Gasteiger partial charge in [0.1, 0.15) is 5.69 Å². The first-order chi connectivity index (χ1) is 14.3. The number of carbonyl (C=O) groups excluding carboxylic acids is 2. The summed E-state index contributed by atoms with van der Waals surface area (Å²) in [6, 6.07) is 12.0. The minimum absolute atomic E-state index is 0.0231. The number of aryl methyl sites for hydroxylation is 1. The number of amides is 1. The number of anilines is 1. The van der Waals surface area contributed by atoms with Crippen LogP contribution in [0.3, 0.4) is 0 Å². The lowest BCUT2D eigenvalue weighted by atomic mass is 9.87. The smallest absolute Gasteiger partial charge is 0.339 e. The van der Waals surface area contributed by atoms with Crippen LogP contribution in [0.15, 0.2) is 42.5 Å². The summed E-state index contributed by atoms with van der Waals surface area (Å²) < 4.78 is 5.28.